The Morgan fingerprint density at radius 1 is 1.14 bits per heavy atom. The number of hydrogen-bond donors (Lipinski definition) is 0. The van der Waals surface area contributed by atoms with Crippen LogP contribution in [0.3, 0.4) is 0 Å². The van der Waals surface area contributed by atoms with Crippen molar-refractivity contribution in [2.75, 3.05) is 19.8 Å². The molecule has 1 saturated heterocycles. The number of carbonyl (C=O) groups is 1. The van der Waals surface area contributed by atoms with Crippen molar-refractivity contribution in [2.24, 2.45) is 0 Å². The van der Waals surface area contributed by atoms with E-state index in [2.05, 4.69) is 0 Å². The molecule has 1 fully saturated rings. The summed E-state index contributed by atoms with van der Waals surface area (Å²) in [7, 11) is 0. The Labute approximate surface area is 129 Å². The van der Waals surface area contributed by atoms with Crippen molar-refractivity contribution in [3.8, 4) is 0 Å². The average molecular weight is 299 g/mol. The first kappa shape index (κ1) is 14.7. The summed E-state index contributed by atoms with van der Waals surface area (Å²) < 4.78 is 18.5. The van der Waals surface area contributed by atoms with E-state index in [0.29, 0.717) is 19.8 Å². The van der Waals surface area contributed by atoms with Gasteiger partial charge < -0.3 is 9.64 Å². The fraction of sp³-hybridized carbons (Fsp3) is 0.278. The molecule has 1 heterocycles. The Kier molecular flexibility index (Phi) is 4.49. The van der Waals surface area contributed by atoms with Crippen LogP contribution in [0.4, 0.5) is 4.39 Å². The van der Waals surface area contributed by atoms with E-state index in [1.54, 1.807) is 12.1 Å². The van der Waals surface area contributed by atoms with Crippen molar-refractivity contribution in [1.82, 2.24) is 4.90 Å². The molecule has 3 rings (SSSR count). The van der Waals surface area contributed by atoms with Gasteiger partial charge in [0.15, 0.2) is 0 Å². The standard InChI is InChI=1S/C18H18FNO2/c19-16-8-6-14(7-9-16)12-18(21)20-10-11-22-13-17(20)15-4-2-1-3-5-15/h1-9,17H,10-13H2. The van der Waals surface area contributed by atoms with Gasteiger partial charge in [0.25, 0.3) is 0 Å². The van der Waals surface area contributed by atoms with Crippen LogP contribution in [-0.2, 0) is 16.0 Å². The number of ether oxygens (including phenoxy) is 1. The molecule has 0 aliphatic carbocycles. The van der Waals surface area contributed by atoms with Gasteiger partial charge in [0.2, 0.25) is 5.91 Å². The van der Waals surface area contributed by atoms with Gasteiger partial charge in [0.1, 0.15) is 5.82 Å². The lowest BCUT2D eigenvalue weighted by atomic mass is 10.0. The number of rotatable bonds is 3. The number of hydrogen-bond acceptors (Lipinski definition) is 2. The predicted molar refractivity (Wildman–Crippen MR) is 81.8 cm³/mol. The summed E-state index contributed by atoms with van der Waals surface area (Å²) in [4.78, 5) is 14.5. The molecule has 0 radical (unpaired) electrons. The third kappa shape index (κ3) is 3.34. The summed E-state index contributed by atoms with van der Waals surface area (Å²) in [6, 6.07) is 15.9. The zero-order valence-electron chi connectivity index (χ0n) is 12.2. The minimum absolute atomic E-state index is 0.0451. The summed E-state index contributed by atoms with van der Waals surface area (Å²) >= 11 is 0. The summed E-state index contributed by atoms with van der Waals surface area (Å²) in [6.45, 7) is 1.65. The molecule has 114 valence electrons. The molecule has 1 atom stereocenters. The zero-order chi connectivity index (χ0) is 15.4. The van der Waals surface area contributed by atoms with E-state index in [1.165, 1.54) is 12.1 Å². The van der Waals surface area contributed by atoms with Crippen LogP contribution in [0.1, 0.15) is 17.2 Å². The molecule has 2 aromatic rings. The van der Waals surface area contributed by atoms with E-state index in [0.717, 1.165) is 11.1 Å². The van der Waals surface area contributed by atoms with Crippen LogP contribution >= 0.6 is 0 Å². The van der Waals surface area contributed by atoms with Crippen molar-refractivity contribution in [3.63, 3.8) is 0 Å². The first-order valence-corrected chi connectivity index (χ1v) is 7.40. The minimum Gasteiger partial charge on any atom is -0.377 e. The molecule has 1 aliphatic heterocycles. The van der Waals surface area contributed by atoms with Gasteiger partial charge in [-0.05, 0) is 23.3 Å². The second-order valence-corrected chi connectivity index (χ2v) is 5.39. The maximum Gasteiger partial charge on any atom is 0.227 e. The van der Waals surface area contributed by atoms with Gasteiger partial charge in [-0.2, -0.15) is 0 Å². The predicted octanol–water partition coefficient (Wildman–Crippen LogP) is 2.97. The molecular formula is C18H18FNO2. The fourth-order valence-corrected chi connectivity index (χ4v) is 2.73. The molecule has 1 amide bonds. The maximum absolute atomic E-state index is 13.0. The van der Waals surface area contributed by atoms with Crippen LogP contribution in [-0.4, -0.2) is 30.6 Å². The molecule has 3 nitrogen and oxygen atoms in total. The summed E-state index contributed by atoms with van der Waals surface area (Å²) in [5.41, 5.74) is 1.90. The molecular weight excluding hydrogens is 281 g/mol. The van der Waals surface area contributed by atoms with Gasteiger partial charge in [0, 0.05) is 6.54 Å². The Bertz CT molecular complexity index is 627. The lowest BCUT2D eigenvalue weighted by molar-refractivity contribution is -0.139. The molecule has 22 heavy (non-hydrogen) atoms. The lowest BCUT2D eigenvalue weighted by Gasteiger charge is -2.36. The van der Waals surface area contributed by atoms with Crippen molar-refractivity contribution >= 4 is 5.91 Å². The highest BCUT2D eigenvalue weighted by atomic mass is 19.1. The van der Waals surface area contributed by atoms with Crippen LogP contribution in [0, 0.1) is 5.82 Å². The van der Waals surface area contributed by atoms with Crippen molar-refractivity contribution < 1.29 is 13.9 Å². The summed E-state index contributed by atoms with van der Waals surface area (Å²) in [5.74, 6) is -0.242. The van der Waals surface area contributed by atoms with Crippen molar-refractivity contribution in [1.29, 1.82) is 0 Å². The Morgan fingerprint density at radius 3 is 2.59 bits per heavy atom. The Balaban J connectivity index is 1.75. The number of nitrogens with zero attached hydrogens (tertiary/aromatic N) is 1. The highest BCUT2D eigenvalue weighted by Gasteiger charge is 2.28. The third-order valence-corrected chi connectivity index (χ3v) is 3.90. The number of benzene rings is 2. The highest BCUT2D eigenvalue weighted by Crippen LogP contribution is 2.24. The Morgan fingerprint density at radius 2 is 1.86 bits per heavy atom. The largest absolute Gasteiger partial charge is 0.377 e. The second-order valence-electron chi connectivity index (χ2n) is 5.39. The Hall–Kier alpha value is -2.20. The van der Waals surface area contributed by atoms with Crippen LogP contribution in [0.2, 0.25) is 0 Å². The molecule has 0 N–H and O–H groups in total. The zero-order valence-corrected chi connectivity index (χ0v) is 12.2. The van der Waals surface area contributed by atoms with Crippen LogP contribution < -0.4 is 0 Å². The number of morpholine rings is 1. The molecule has 4 heteroatoms. The van der Waals surface area contributed by atoms with Crippen molar-refractivity contribution in [3.05, 3.63) is 71.5 Å². The first-order valence-electron chi connectivity index (χ1n) is 7.40. The molecule has 0 saturated carbocycles. The van der Waals surface area contributed by atoms with Gasteiger partial charge in [-0.15, -0.1) is 0 Å². The molecule has 0 spiro atoms. The molecule has 0 aromatic heterocycles. The van der Waals surface area contributed by atoms with Crippen LogP contribution in [0.25, 0.3) is 0 Å². The van der Waals surface area contributed by atoms with E-state index >= 15 is 0 Å². The van der Waals surface area contributed by atoms with Crippen LogP contribution in [0.15, 0.2) is 54.6 Å². The van der Waals surface area contributed by atoms with Gasteiger partial charge in [-0.3, -0.25) is 4.79 Å². The van der Waals surface area contributed by atoms with E-state index < -0.39 is 0 Å². The molecule has 0 bridgehead atoms. The topological polar surface area (TPSA) is 29.5 Å². The lowest BCUT2D eigenvalue weighted by Crippen LogP contribution is -2.44. The monoisotopic (exact) mass is 299 g/mol. The van der Waals surface area contributed by atoms with Gasteiger partial charge >= 0.3 is 0 Å². The second kappa shape index (κ2) is 6.71. The third-order valence-electron chi connectivity index (χ3n) is 3.90. The molecule has 1 unspecified atom stereocenters. The van der Waals surface area contributed by atoms with E-state index in [9.17, 15) is 9.18 Å². The highest BCUT2D eigenvalue weighted by molar-refractivity contribution is 5.79. The SMILES string of the molecule is O=C(Cc1ccc(F)cc1)N1CCOCC1c1ccccc1. The van der Waals surface area contributed by atoms with Gasteiger partial charge in [-0.25, -0.2) is 4.39 Å². The first-order chi connectivity index (χ1) is 10.7. The quantitative estimate of drug-likeness (QED) is 0.872. The van der Waals surface area contributed by atoms with E-state index in [4.69, 9.17) is 4.74 Å². The number of amides is 1. The number of carbonyl (C=O) groups excluding carboxylic acids is 1. The van der Waals surface area contributed by atoms with E-state index in [-0.39, 0.29) is 24.2 Å². The van der Waals surface area contributed by atoms with Gasteiger partial charge in [0.05, 0.1) is 25.7 Å². The molecule has 2 aromatic carbocycles. The average Bonchev–Trinajstić information content (AvgIpc) is 2.58. The fourth-order valence-electron chi connectivity index (χ4n) is 2.73. The van der Waals surface area contributed by atoms with Crippen LogP contribution in [0.5, 0.6) is 0 Å². The van der Waals surface area contributed by atoms with E-state index in [1.807, 2.05) is 35.2 Å². The van der Waals surface area contributed by atoms with Crippen molar-refractivity contribution in [2.45, 2.75) is 12.5 Å². The number of halogens is 1. The maximum atomic E-state index is 13.0. The van der Waals surface area contributed by atoms with Gasteiger partial charge in [-0.1, -0.05) is 42.5 Å². The normalized spacial score (nSPS) is 18.2. The minimum atomic E-state index is -0.287. The smallest absolute Gasteiger partial charge is 0.227 e. The summed E-state index contributed by atoms with van der Waals surface area (Å²) in [5, 5.41) is 0. The summed E-state index contributed by atoms with van der Waals surface area (Å²) in [6.07, 6.45) is 0.281. The molecule has 1 aliphatic rings.